The third kappa shape index (κ3) is 3.01. The van der Waals surface area contributed by atoms with Crippen LogP contribution in [0.25, 0.3) is 0 Å². The first-order valence-corrected chi connectivity index (χ1v) is 7.49. The second-order valence-electron chi connectivity index (χ2n) is 5.52. The van der Waals surface area contributed by atoms with Crippen molar-refractivity contribution in [2.24, 2.45) is 0 Å². The van der Waals surface area contributed by atoms with Crippen molar-refractivity contribution in [2.75, 3.05) is 7.11 Å². The van der Waals surface area contributed by atoms with Gasteiger partial charge in [0, 0.05) is 11.8 Å². The van der Waals surface area contributed by atoms with Gasteiger partial charge in [0.2, 0.25) is 5.88 Å². The van der Waals surface area contributed by atoms with Crippen LogP contribution in [0.15, 0.2) is 36.5 Å². The summed E-state index contributed by atoms with van der Waals surface area (Å²) in [4.78, 5) is 33.5. The maximum Gasteiger partial charge on any atom is 0.421 e. The summed E-state index contributed by atoms with van der Waals surface area (Å²) < 4.78 is 43.9. The largest absolute Gasteiger partial charge is 0.481 e. The number of alkyl halides is 3. The minimum Gasteiger partial charge on any atom is -0.481 e. The summed E-state index contributed by atoms with van der Waals surface area (Å²) in [5.41, 5.74) is -0.688. The van der Waals surface area contributed by atoms with Crippen LogP contribution in [0.1, 0.15) is 44.9 Å². The van der Waals surface area contributed by atoms with Crippen LogP contribution in [0.4, 0.5) is 13.2 Å². The summed E-state index contributed by atoms with van der Waals surface area (Å²) in [5, 5.41) is 0.548. The van der Waals surface area contributed by atoms with E-state index in [0.717, 1.165) is 19.4 Å². The third-order valence-corrected chi connectivity index (χ3v) is 3.86. The van der Waals surface area contributed by atoms with Crippen molar-refractivity contribution in [3.8, 4) is 5.88 Å². The average molecular weight is 366 g/mol. The van der Waals surface area contributed by atoms with Gasteiger partial charge in [0.15, 0.2) is 0 Å². The van der Waals surface area contributed by atoms with Crippen molar-refractivity contribution in [1.29, 1.82) is 0 Å². The van der Waals surface area contributed by atoms with E-state index in [0.29, 0.717) is 5.06 Å². The Hall–Kier alpha value is -2.94. The number of amides is 2. The van der Waals surface area contributed by atoms with Crippen molar-refractivity contribution in [1.82, 2.24) is 10.0 Å². The molecule has 26 heavy (non-hydrogen) atoms. The molecule has 0 saturated heterocycles. The van der Waals surface area contributed by atoms with Crippen molar-refractivity contribution in [2.45, 2.75) is 19.2 Å². The molecule has 2 amide bonds. The number of ether oxygens (including phenoxy) is 1. The van der Waals surface area contributed by atoms with Crippen LogP contribution < -0.4 is 4.74 Å². The number of halogens is 3. The molecule has 6 nitrogen and oxygen atoms in total. The van der Waals surface area contributed by atoms with Crippen molar-refractivity contribution < 1.29 is 32.3 Å². The van der Waals surface area contributed by atoms with Gasteiger partial charge >= 0.3 is 6.18 Å². The van der Waals surface area contributed by atoms with E-state index in [9.17, 15) is 22.8 Å². The predicted molar refractivity (Wildman–Crippen MR) is 82.2 cm³/mol. The number of benzene rings is 1. The first-order chi connectivity index (χ1) is 12.2. The molecular weight excluding hydrogens is 353 g/mol. The molecule has 0 fully saturated rings. The molecule has 2 heterocycles. The van der Waals surface area contributed by atoms with E-state index in [1.54, 1.807) is 12.1 Å². The molecule has 0 saturated carbocycles. The summed E-state index contributed by atoms with van der Waals surface area (Å²) in [5.74, 6) is -1.92. The molecular formula is C17H13F3N2O4. The topological polar surface area (TPSA) is 68.7 Å². The number of aromatic nitrogens is 1. The highest BCUT2D eigenvalue weighted by atomic mass is 19.4. The molecule has 0 radical (unpaired) electrons. The van der Waals surface area contributed by atoms with Crippen LogP contribution in [0.2, 0.25) is 0 Å². The molecule has 3 rings (SSSR count). The fourth-order valence-corrected chi connectivity index (χ4v) is 2.54. The molecule has 136 valence electrons. The number of carbonyl (C=O) groups is 2. The number of rotatable bonds is 4. The number of nitrogens with zero attached hydrogens (tertiary/aromatic N) is 2. The minimum absolute atomic E-state index is 0.0367. The first kappa shape index (κ1) is 17.9. The first-order valence-electron chi connectivity index (χ1n) is 7.49. The minimum atomic E-state index is -4.68. The maximum atomic E-state index is 13.1. The molecule has 2 aromatic rings. The Morgan fingerprint density at radius 1 is 1.12 bits per heavy atom. The average Bonchev–Trinajstić information content (AvgIpc) is 2.85. The number of hydroxylamine groups is 2. The van der Waals surface area contributed by atoms with Gasteiger partial charge in [-0.05, 0) is 25.1 Å². The zero-order valence-corrected chi connectivity index (χ0v) is 13.7. The van der Waals surface area contributed by atoms with E-state index in [-0.39, 0.29) is 16.7 Å². The van der Waals surface area contributed by atoms with Gasteiger partial charge < -0.3 is 4.74 Å². The number of fused-ring (bicyclic) bond motifs is 1. The van der Waals surface area contributed by atoms with E-state index >= 15 is 0 Å². The number of carbonyl (C=O) groups excluding carboxylic acids is 2. The standard InChI is InChI=1S/C17H13F3N2O4/c1-9(10-7-13(17(18,19)20)14(25-2)21-8-10)26-22-15(23)11-5-3-4-6-12(11)16(22)24/h3-9H,1-2H3/t9-/m1/s1. The molecule has 1 aliphatic heterocycles. The summed E-state index contributed by atoms with van der Waals surface area (Å²) >= 11 is 0. The second kappa shape index (κ2) is 6.41. The van der Waals surface area contributed by atoms with Crippen molar-refractivity contribution in [3.63, 3.8) is 0 Å². The van der Waals surface area contributed by atoms with Gasteiger partial charge in [-0.3, -0.25) is 14.4 Å². The Kier molecular flexibility index (Phi) is 4.41. The summed E-state index contributed by atoms with van der Waals surface area (Å²) in [6, 6.07) is 6.95. The molecule has 0 N–H and O–H groups in total. The molecule has 0 spiro atoms. The molecule has 9 heteroatoms. The predicted octanol–water partition coefficient (Wildman–Crippen LogP) is 3.40. The monoisotopic (exact) mass is 366 g/mol. The number of imide groups is 1. The van der Waals surface area contributed by atoms with Gasteiger partial charge in [-0.1, -0.05) is 12.1 Å². The summed E-state index contributed by atoms with van der Waals surface area (Å²) in [6.07, 6.45) is -4.57. The van der Waals surface area contributed by atoms with Gasteiger partial charge in [-0.15, -0.1) is 5.06 Å². The normalized spacial score (nSPS) is 15.2. The van der Waals surface area contributed by atoms with E-state index < -0.39 is 35.5 Å². The van der Waals surface area contributed by atoms with Crippen LogP contribution in [0.3, 0.4) is 0 Å². The third-order valence-electron chi connectivity index (χ3n) is 3.86. The lowest BCUT2D eigenvalue weighted by Crippen LogP contribution is -2.31. The Labute approximate surface area is 146 Å². The van der Waals surface area contributed by atoms with Crippen LogP contribution in [0, 0.1) is 0 Å². The highest BCUT2D eigenvalue weighted by Crippen LogP contribution is 2.37. The van der Waals surface area contributed by atoms with Gasteiger partial charge in [-0.2, -0.15) is 13.2 Å². The van der Waals surface area contributed by atoms with Crippen molar-refractivity contribution in [3.05, 3.63) is 58.8 Å². The SMILES string of the molecule is COc1ncc([C@@H](C)ON2C(=O)c3ccccc3C2=O)cc1C(F)(F)F. The van der Waals surface area contributed by atoms with Gasteiger partial charge in [0.05, 0.1) is 18.2 Å². The fraction of sp³-hybridized carbons (Fsp3) is 0.235. The van der Waals surface area contributed by atoms with E-state index in [4.69, 9.17) is 4.84 Å². The highest BCUT2D eigenvalue weighted by Gasteiger charge is 2.39. The molecule has 1 aliphatic rings. The number of methoxy groups -OCH3 is 1. The number of hydrogen-bond donors (Lipinski definition) is 0. The van der Waals surface area contributed by atoms with Crippen LogP contribution in [0.5, 0.6) is 5.88 Å². The van der Waals surface area contributed by atoms with Crippen LogP contribution >= 0.6 is 0 Å². The fourth-order valence-electron chi connectivity index (χ4n) is 2.54. The van der Waals surface area contributed by atoms with E-state index in [1.165, 1.54) is 19.1 Å². The van der Waals surface area contributed by atoms with Crippen LogP contribution in [-0.2, 0) is 11.0 Å². The van der Waals surface area contributed by atoms with E-state index in [1.807, 2.05) is 0 Å². The lowest BCUT2D eigenvalue weighted by Gasteiger charge is -2.20. The molecule has 0 aliphatic carbocycles. The van der Waals surface area contributed by atoms with Gasteiger partial charge in [-0.25, -0.2) is 4.98 Å². The molecule has 1 aromatic carbocycles. The Morgan fingerprint density at radius 2 is 1.69 bits per heavy atom. The van der Waals surface area contributed by atoms with Crippen molar-refractivity contribution >= 4 is 11.8 Å². The zero-order chi connectivity index (χ0) is 19.1. The Balaban J connectivity index is 1.87. The molecule has 1 aromatic heterocycles. The zero-order valence-electron chi connectivity index (χ0n) is 13.7. The Morgan fingerprint density at radius 3 is 2.19 bits per heavy atom. The second-order valence-corrected chi connectivity index (χ2v) is 5.52. The smallest absolute Gasteiger partial charge is 0.421 e. The molecule has 0 unspecified atom stereocenters. The quantitative estimate of drug-likeness (QED) is 0.776. The van der Waals surface area contributed by atoms with Gasteiger partial charge in [0.25, 0.3) is 11.8 Å². The highest BCUT2D eigenvalue weighted by molar-refractivity contribution is 6.20. The lowest BCUT2D eigenvalue weighted by atomic mass is 10.1. The van der Waals surface area contributed by atoms with Crippen LogP contribution in [-0.4, -0.2) is 29.0 Å². The molecule has 0 bridgehead atoms. The maximum absolute atomic E-state index is 13.1. The number of hydrogen-bond acceptors (Lipinski definition) is 5. The number of pyridine rings is 1. The summed E-state index contributed by atoms with van der Waals surface area (Å²) in [7, 11) is 1.08. The summed E-state index contributed by atoms with van der Waals surface area (Å²) in [6.45, 7) is 1.41. The van der Waals surface area contributed by atoms with E-state index in [2.05, 4.69) is 9.72 Å². The molecule has 1 atom stereocenters. The Bertz CT molecular complexity index is 848. The van der Waals surface area contributed by atoms with Gasteiger partial charge in [0.1, 0.15) is 11.7 Å². The lowest BCUT2D eigenvalue weighted by molar-refractivity contribution is -0.140.